The number of amides is 1. The number of nitrogens with one attached hydrogen (secondary N) is 3. The van der Waals surface area contributed by atoms with Gasteiger partial charge in [-0.1, -0.05) is 0 Å². The summed E-state index contributed by atoms with van der Waals surface area (Å²) in [7, 11) is 4.77. The van der Waals surface area contributed by atoms with Crippen molar-refractivity contribution in [3.8, 4) is 11.5 Å². The number of ether oxygens (including phenoxy) is 2. The molecule has 0 unspecified atom stereocenters. The summed E-state index contributed by atoms with van der Waals surface area (Å²) in [6.45, 7) is 0.420. The average Bonchev–Trinajstić information content (AvgIpc) is 3.16. The van der Waals surface area contributed by atoms with Crippen LogP contribution >= 0.6 is 0 Å². The van der Waals surface area contributed by atoms with Crippen molar-refractivity contribution in [3.05, 3.63) is 42.4 Å². The molecule has 134 valence electrons. The van der Waals surface area contributed by atoms with Crippen molar-refractivity contribution >= 4 is 17.6 Å². The van der Waals surface area contributed by atoms with E-state index in [-0.39, 0.29) is 12.5 Å². The summed E-state index contributed by atoms with van der Waals surface area (Å²) in [6, 6.07) is 8.96. The quantitative estimate of drug-likeness (QED) is 0.520. The molecule has 0 aliphatic rings. The van der Waals surface area contributed by atoms with Crippen LogP contribution in [0.1, 0.15) is 5.76 Å². The first-order chi connectivity index (χ1) is 12.2. The van der Waals surface area contributed by atoms with E-state index in [4.69, 9.17) is 13.9 Å². The topological polar surface area (TPSA) is 97.1 Å². The fraction of sp³-hybridized carbons (Fsp3) is 0.294. The number of furan rings is 1. The lowest BCUT2D eigenvalue weighted by Crippen LogP contribution is -2.39. The molecule has 1 amide bonds. The lowest BCUT2D eigenvalue weighted by Gasteiger charge is -2.14. The first-order valence-corrected chi connectivity index (χ1v) is 7.65. The molecule has 1 aromatic heterocycles. The van der Waals surface area contributed by atoms with E-state index in [2.05, 4.69) is 20.9 Å². The number of methoxy groups -OCH3 is 2. The summed E-state index contributed by atoms with van der Waals surface area (Å²) in [6.07, 6.45) is 1.56. The molecule has 2 aromatic rings. The molecule has 8 heteroatoms. The predicted molar refractivity (Wildman–Crippen MR) is 95.1 cm³/mol. The first-order valence-electron chi connectivity index (χ1n) is 7.65. The summed E-state index contributed by atoms with van der Waals surface area (Å²) in [4.78, 5) is 15.9. The van der Waals surface area contributed by atoms with E-state index in [0.29, 0.717) is 29.8 Å². The van der Waals surface area contributed by atoms with Crippen molar-refractivity contribution in [3.63, 3.8) is 0 Å². The second-order valence-electron chi connectivity index (χ2n) is 4.98. The highest BCUT2D eigenvalue weighted by Crippen LogP contribution is 2.29. The zero-order chi connectivity index (χ0) is 18.1. The Bertz CT molecular complexity index is 713. The van der Waals surface area contributed by atoms with Crippen LogP contribution in [-0.4, -0.2) is 39.7 Å². The van der Waals surface area contributed by atoms with Crippen molar-refractivity contribution in [2.45, 2.75) is 6.54 Å². The lowest BCUT2D eigenvalue weighted by molar-refractivity contribution is -0.120. The highest BCUT2D eigenvalue weighted by molar-refractivity contribution is 5.96. The van der Waals surface area contributed by atoms with Crippen molar-refractivity contribution in [2.75, 3.05) is 33.1 Å². The third-order valence-corrected chi connectivity index (χ3v) is 3.33. The SMILES string of the molecule is CN=C(NCC(=O)NCc1ccco1)Nc1ccc(OC)c(OC)c1. The van der Waals surface area contributed by atoms with Crippen LogP contribution in [-0.2, 0) is 11.3 Å². The number of rotatable bonds is 7. The summed E-state index contributed by atoms with van der Waals surface area (Å²) < 4.78 is 15.6. The number of anilines is 1. The van der Waals surface area contributed by atoms with Crippen LogP contribution in [0.3, 0.4) is 0 Å². The molecule has 3 N–H and O–H groups in total. The molecule has 0 aliphatic heterocycles. The van der Waals surface area contributed by atoms with E-state index in [9.17, 15) is 4.79 Å². The molecule has 25 heavy (non-hydrogen) atoms. The molecule has 0 spiro atoms. The molecule has 0 saturated carbocycles. The standard InChI is InChI=1S/C17H22N4O4/c1-18-17(20-11-16(22)19-10-13-5-4-8-25-13)21-12-6-7-14(23-2)15(9-12)24-3/h4-9H,10-11H2,1-3H3,(H,19,22)(H2,18,20,21). The minimum absolute atomic E-state index is 0.0771. The van der Waals surface area contributed by atoms with Gasteiger partial charge in [0.25, 0.3) is 0 Å². The Morgan fingerprint density at radius 1 is 1.16 bits per heavy atom. The summed E-state index contributed by atoms with van der Waals surface area (Å²) in [5, 5.41) is 8.77. The minimum Gasteiger partial charge on any atom is -0.493 e. The van der Waals surface area contributed by atoms with Crippen LogP contribution in [0.25, 0.3) is 0 Å². The van der Waals surface area contributed by atoms with Gasteiger partial charge in [-0.05, 0) is 24.3 Å². The van der Waals surface area contributed by atoms with Gasteiger partial charge in [-0.15, -0.1) is 0 Å². The highest BCUT2D eigenvalue weighted by atomic mass is 16.5. The number of guanidine groups is 1. The van der Waals surface area contributed by atoms with Crippen molar-refractivity contribution in [2.24, 2.45) is 4.99 Å². The molecule has 0 fully saturated rings. The maximum absolute atomic E-state index is 11.9. The molecule has 8 nitrogen and oxygen atoms in total. The van der Waals surface area contributed by atoms with Crippen LogP contribution in [0.2, 0.25) is 0 Å². The van der Waals surface area contributed by atoms with E-state index in [1.165, 1.54) is 0 Å². The molecular weight excluding hydrogens is 324 g/mol. The number of hydrogen-bond acceptors (Lipinski definition) is 5. The maximum Gasteiger partial charge on any atom is 0.239 e. The van der Waals surface area contributed by atoms with Gasteiger partial charge >= 0.3 is 0 Å². The second-order valence-corrected chi connectivity index (χ2v) is 4.98. The van der Waals surface area contributed by atoms with Gasteiger partial charge < -0.3 is 29.8 Å². The molecule has 0 radical (unpaired) electrons. The Kier molecular flexibility index (Phi) is 6.70. The number of hydrogen-bond donors (Lipinski definition) is 3. The summed E-state index contributed by atoms with van der Waals surface area (Å²) in [5.41, 5.74) is 0.752. The van der Waals surface area contributed by atoms with E-state index < -0.39 is 0 Å². The predicted octanol–water partition coefficient (Wildman–Crippen LogP) is 1.60. The fourth-order valence-electron chi connectivity index (χ4n) is 2.06. The van der Waals surface area contributed by atoms with E-state index in [1.807, 2.05) is 6.07 Å². The molecule has 1 aromatic carbocycles. The van der Waals surface area contributed by atoms with Crippen molar-refractivity contribution in [1.82, 2.24) is 10.6 Å². The summed E-state index contributed by atoms with van der Waals surface area (Å²) in [5.74, 6) is 2.21. The lowest BCUT2D eigenvalue weighted by atomic mass is 10.3. The van der Waals surface area contributed by atoms with Gasteiger partial charge in [0.2, 0.25) is 5.91 Å². The van der Waals surface area contributed by atoms with E-state index in [1.54, 1.807) is 51.8 Å². The van der Waals surface area contributed by atoms with Gasteiger partial charge in [0.05, 0.1) is 33.6 Å². The average molecular weight is 346 g/mol. The summed E-state index contributed by atoms with van der Waals surface area (Å²) >= 11 is 0. The Hall–Kier alpha value is -3.16. The second kappa shape index (κ2) is 9.21. The Labute approximate surface area is 146 Å². The van der Waals surface area contributed by atoms with Crippen LogP contribution in [0.4, 0.5) is 5.69 Å². The largest absolute Gasteiger partial charge is 0.493 e. The zero-order valence-corrected chi connectivity index (χ0v) is 14.5. The molecule has 1 heterocycles. The normalized spacial score (nSPS) is 10.9. The number of carbonyl (C=O) groups excluding carboxylic acids is 1. The maximum atomic E-state index is 11.9. The third-order valence-electron chi connectivity index (χ3n) is 3.33. The number of aliphatic imine (C=N–C) groups is 1. The van der Waals surface area contributed by atoms with Gasteiger partial charge in [-0.25, -0.2) is 0 Å². The molecule has 0 saturated heterocycles. The molecule has 0 bridgehead atoms. The molecule has 2 rings (SSSR count). The smallest absolute Gasteiger partial charge is 0.239 e. The Morgan fingerprint density at radius 3 is 2.60 bits per heavy atom. The highest BCUT2D eigenvalue weighted by Gasteiger charge is 2.08. The number of benzene rings is 1. The zero-order valence-electron chi connectivity index (χ0n) is 14.5. The van der Waals surface area contributed by atoms with Gasteiger partial charge in [0, 0.05) is 18.8 Å². The van der Waals surface area contributed by atoms with Gasteiger partial charge in [0.15, 0.2) is 17.5 Å². The van der Waals surface area contributed by atoms with Crippen LogP contribution in [0.5, 0.6) is 11.5 Å². The Balaban J connectivity index is 1.85. The van der Waals surface area contributed by atoms with Crippen LogP contribution in [0, 0.1) is 0 Å². The number of carbonyl (C=O) groups is 1. The van der Waals surface area contributed by atoms with Crippen molar-refractivity contribution in [1.29, 1.82) is 0 Å². The Morgan fingerprint density at radius 2 is 1.96 bits per heavy atom. The number of nitrogens with zero attached hydrogens (tertiary/aromatic N) is 1. The van der Waals surface area contributed by atoms with Gasteiger partial charge in [-0.2, -0.15) is 0 Å². The monoisotopic (exact) mass is 346 g/mol. The fourth-order valence-corrected chi connectivity index (χ4v) is 2.06. The molecular formula is C17H22N4O4. The van der Waals surface area contributed by atoms with Gasteiger partial charge in [-0.3, -0.25) is 9.79 Å². The third kappa shape index (κ3) is 5.45. The van der Waals surface area contributed by atoms with Gasteiger partial charge in [0.1, 0.15) is 5.76 Å². The van der Waals surface area contributed by atoms with E-state index >= 15 is 0 Å². The molecule has 0 atom stereocenters. The van der Waals surface area contributed by atoms with E-state index in [0.717, 1.165) is 5.69 Å². The minimum atomic E-state index is -0.174. The van der Waals surface area contributed by atoms with Crippen LogP contribution < -0.4 is 25.4 Å². The molecule has 0 aliphatic carbocycles. The van der Waals surface area contributed by atoms with Crippen LogP contribution in [0.15, 0.2) is 46.0 Å². The van der Waals surface area contributed by atoms with Crippen molar-refractivity contribution < 1.29 is 18.7 Å². The first kappa shape index (κ1) is 18.2.